The lowest BCUT2D eigenvalue weighted by Gasteiger charge is -2.21. The van der Waals surface area contributed by atoms with E-state index in [1.54, 1.807) is 4.57 Å². The van der Waals surface area contributed by atoms with Crippen LogP contribution < -0.4 is 15.0 Å². The monoisotopic (exact) mass is 416 g/mol. The van der Waals surface area contributed by atoms with Crippen molar-refractivity contribution in [1.82, 2.24) is 0 Å². The molecule has 0 unspecified atom stereocenters. The second-order valence-electron chi connectivity index (χ2n) is 8.51. The van der Waals surface area contributed by atoms with Crippen molar-refractivity contribution >= 4 is 34.3 Å². The van der Waals surface area contributed by atoms with Gasteiger partial charge in [-0.25, -0.2) is 0 Å². The average molecular weight is 417 g/mol. The minimum atomic E-state index is -0.115. The number of nitrogens with one attached hydrogen (secondary N) is 1. The third kappa shape index (κ3) is 4.77. The van der Waals surface area contributed by atoms with Crippen LogP contribution in [0.1, 0.15) is 43.0 Å². The molecule has 0 aliphatic heterocycles. The van der Waals surface area contributed by atoms with E-state index in [0.29, 0.717) is 16.2 Å². The van der Waals surface area contributed by atoms with E-state index in [9.17, 15) is 5.11 Å². The summed E-state index contributed by atoms with van der Waals surface area (Å²) >= 11 is 5.73. The molecule has 3 nitrogen and oxygen atoms in total. The van der Waals surface area contributed by atoms with E-state index >= 15 is 0 Å². The van der Waals surface area contributed by atoms with Gasteiger partial charge in [-0.15, -0.1) is 0 Å². The van der Waals surface area contributed by atoms with Crippen LogP contribution in [0.15, 0.2) is 73.1 Å². The maximum absolute atomic E-state index is 13.5. The van der Waals surface area contributed by atoms with Crippen LogP contribution in [0.4, 0.5) is 5.69 Å². The maximum Gasteiger partial charge on any atom is 0.238 e. The maximum atomic E-state index is 13.5. The number of thiocarbonyl (C=S) groups is 1. The Hall–Kier alpha value is -2.98. The molecule has 1 heterocycles. The highest BCUT2D eigenvalue weighted by Gasteiger charge is 2.20. The van der Waals surface area contributed by atoms with E-state index in [1.807, 2.05) is 86.9 Å². The summed E-state index contributed by atoms with van der Waals surface area (Å²) in [6, 6.07) is 19.6. The topological polar surface area (TPSA) is 39.0 Å². The van der Waals surface area contributed by atoms with Crippen LogP contribution in [-0.2, 0) is 5.41 Å². The van der Waals surface area contributed by atoms with Crippen LogP contribution in [0.3, 0.4) is 0 Å². The average Bonchev–Trinajstić information content (AvgIpc) is 2.71. The molecule has 2 aromatic carbocycles. The molecular formula is C26H28N2OS. The fourth-order valence-corrected chi connectivity index (χ4v) is 3.63. The summed E-state index contributed by atoms with van der Waals surface area (Å²) in [5, 5.41) is 16.8. The molecule has 30 heavy (non-hydrogen) atoms. The van der Waals surface area contributed by atoms with Gasteiger partial charge in [0.15, 0.2) is 17.4 Å². The van der Waals surface area contributed by atoms with Crippen molar-refractivity contribution in [2.45, 2.75) is 40.0 Å². The first-order chi connectivity index (χ1) is 14.2. The van der Waals surface area contributed by atoms with Crippen molar-refractivity contribution in [3.05, 3.63) is 95.3 Å². The molecule has 3 rings (SSSR count). The molecule has 3 aromatic rings. The third-order valence-corrected chi connectivity index (χ3v) is 5.43. The van der Waals surface area contributed by atoms with Crippen molar-refractivity contribution in [3.8, 4) is 0 Å². The quantitative estimate of drug-likeness (QED) is 0.281. The lowest BCUT2D eigenvalue weighted by atomic mass is 9.86. The number of aryl methyl sites for hydroxylation is 2. The van der Waals surface area contributed by atoms with Crippen molar-refractivity contribution < 1.29 is 9.67 Å². The van der Waals surface area contributed by atoms with Crippen molar-refractivity contribution in [2.75, 3.05) is 5.32 Å². The van der Waals surface area contributed by atoms with Gasteiger partial charge >= 0.3 is 0 Å². The zero-order chi connectivity index (χ0) is 21.9. The van der Waals surface area contributed by atoms with Crippen LogP contribution in [-0.4, -0.2) is 4.99 Å². The molecule has 0 amide bonds. The van der Waals surface area contributed by atoms with Crippen LogP contribution in [0.5, 0.6) is 0 Å². The zero-order valence-electron chi connectivity index (χ0n) is 18.2. The molecule has 0 saturated heterocycles. The first kappa shape index (κ1) is 21.7. The number of anilines is 1. The number of benzene rings is 2. The van der Waals surface area contributed by atoms with Gasteiger partial charge in [-0.1, -0.05) is 81.5 Å². The molecule has 0 aliphatic rings. The minimum absolute atomic E-state index is 0.0293. The molecule has 4 heteroatoms. The van der Waals surface area contributed by atoms with Gasteiger partial charge in [-0.3, -0.25) is 0 Å². The molecule has 0 fully saturated rings. The van der Waals surface area contributed by atoms with Crippen LogP contribution >= 0.6 is 12.2 Å². The highest BCUT2D eigenvalue weighted by Crippen LogP contribution is 2.25. The Morgan fingerprint density at radius 1 is 0.867 bits per heavy atom. The summed E-state index contributed by atoms with van der Waals surface area (Å²) in [5.41, 5.74) is 5.35. The first-order valence-corrected chi connectivity index (χ1v) is 10.5. The fraction of sp³-hybridized carbons (Fsp3) is 0.231. The van der Waals surface area contributed by atoms with Gasteiger partial charge in [0, 0.05) is 17.8 Å². The van der Waals surface area contributed by atoms with Crippen LogP contribution in [0, 0.1) is 13.8 Å². The Labute approximate surface area is 184 Å². The summed E-state index contributed by atoms with van der Waals surface area (Å²) < 4.78 is 1.78. The van der Waals surface area contributed by atoms with E-state index in [0.717, 1.165) is 16.8 Å². The lowest BCUT2D eigenvalue weighted by Crippen LogP contribution is -2.40. The Morgan fingerprint density at radius 3 is 1.97 bits per heavy atom. The summed E-state index contributed by atoms with van der Waals surface area (Å²) in [6.45, 7) is 10.5. The highest BCUT2D eigenvalue weighted by atomic mass is 32.1. The number of hydrogen-bond donors (Lipinski definition) is 1. The van der Waals surface area contributed by atoms with Crippen LogP contribution in [0.25, 0.3) is 11.5 Å². The standard InChI is InChI=1S/C26H28N2OS/c1-18-10-9-11-19(2)22(18)27-25(30)23(28-16-7-6-8-17-28)24(29)20-12-14-21(15-13-20)26(3,4)5/h6-17H,1-5H3,(H-,27,29,30). The fourth-order valence-electron chi connectivity index (χ4n) is 3.33. The largest absolute Gasteiger partial charge is 0.867 e. The van der Waals surface area contributed by atoms with Crippen molar-refractivity contribution in [3.63, 3.8) is 0 Å². The Bertz CT molecular complexity index is 1060. The molecule has 0 bridgehead atoms. The third-order valence-electron chi connectivity index (χ3n) is 5.14. The molecule has 1 N–H and O–H groups in total. The highest BCUT2D eigenvalue weighted by molar-refractivity contribution is 7.81. The summed E-state index contributed by atoms with van der Waals surface area (Å²) in [5.74, 6) is -0.115. The van der Waals surface area contributed by atoms with E-state index in [-0.39, 0.29) is 11.2 Å². The smallest absolute Gasteiger partial charge is 0.238 e. The summed E-state index contributed by atoms with van der Waals surface area (Å²) in [4.78, 5) is 0.397. The number of hydrogen-bond acceptors (Lipinski definition) is 2. The number of rotatable bonds is 4. The van der Waals surface area contributed by atoms with Gasteiger partial charge in [0.25, 0.3) is 0 Å². The zero-order valence-corrected chi connectivity index (χ0v) is 19.0. The van der Waals surface area contributed by atoms with Gasteiger partial charge in [-0.05, 0) is 47.3 Å². The normalized spacial score (nSPS) is 12.3. The molecule has 0 spiro atoms. The molecule has 0 aliphatic carbocycles. The van der Waals surface area contributed by atoms with Crippen molar-refractivity contribution in [2.24, 2.45) is 0 Å². The second kappa shape index (κ2) is 8.80. The minimum Gasteiger partial charge on any atom is -0.867 e. The number of pyridine rings is 1. The predicted octanol–water partition coefficient (Wildman–Crippen LogP) is 5.01. The van der Waals surface area contributed by atoms with Crippen molar-refractivity contribution in [1.29, 1.82) is 0 Å². The molecule has 0 atom stereocenters. The van der Waals surface area contributed by atoms with Gasteiger partial charge in [0.2, 0.25) is 5.70 Å². The Balaban J connectivity index is 2.08. The second-order valence-corrected chi connectivity index (χ2v) is 8.92. The lowest BCUT2D eigenvalue weighted by molar-refractivity contribution is -0.577. The Morgan fingerprint density at radius 2 is 1.43 bits per heavy atom. The van der Waals surface area contributed by atoms with Gasteiger partial charge in [0.05, 0.1) is 0 Å². The molecule has 1 aromatic heterocycles. The number of aromatic nitrogens is 1. The molecule has 0 radical (unpaired) electrons. The summed E-state index contributed by atoms with van der Waals surface area (Å²) in [6.07, 6.45) is 3.69. The SMILES string of the molecule is Cc1cccc(C)c1NC(=S)/C(=C(\[O-])c1ccc(C(C)(C)C)cc1)[n+]1ccccc1. The van der Waals surface area contributed by atoms with Gasteiger partial charge in [-0.2, -0.15) is 4.57 Å². The number of nitrogens with zero attached hydrogens (tertiary/aromatic N) is 1. The van der Waals surface area contributed by atoms with E-state index < -0.39 is 0 Å². The van der Waals surface area contributed by atoms with E-state index in [2.05, 4.69) is 26.1 Å². The van der Waals surface area contributed by atoms with E-state index in [4.69, 9.17) is 12.2 Å². The number of para-hydroxylation sites is 1. The predicted molar refractivity (Wildman–Crippen MR) is 127 cm³/mol. The van der Waals surface area contributed by atoms with Crippen LogP contribution in [0.2, 0.25) is 0 Å². The van der Waals surface area contributed by atoms with Gasteiger partial charge < -0.3 is 10.4 Å². The van der Waals surface area contributed by atoms with Gasteiger partial charge in [0.1, 0.15) is 0 Å². The molecular weight excluding hydrogens is 388 g/mol. The molecule has 154 valence electrons. The first-order valence-electron chi connectivity index (χ1n) is 10.0. The van der Waals surface area contributed by atoms with E-state index in [1.165, 1.54) is 5.56 Å². The Kier molecular flexibility index (Phi) is 6.37. The summed E-state index contributed by atoms with van der Waals surface area (Å²) in [7, 11) is 0. The molecule has 0 saturated carbocycles.